The van der Waals surface area contributed by atoms with E-state index < -0.39 is 18.3 Å². The highest BCUT2D eigenvalue weighted by atomic mass is 32.2. The monoisotopic (exact) mass is 401 g/mol. The number of thioether (sulfide) groups is 1. The van der Waals surface area contributed by atoms with E-state index in [1.165, 1.54) is 49.6 Å². The molecule has 2 aromatic rings. The zero-order chi connectivity index (χ0) is 19.8. The number of hydrogen-bond acceptors (Lipinski definition) is 4. The molecule has 0 saturated heterocycles. The van der Waals surface area contributed by atoms with Crippen molar-refractivity contribution < 1.29 is 31.8 Å². The number of hydrogen-bond donors (Lipinski definition) is 1. The predicted octanol–water partition coefficient (Wildman–Crippen LogP) is 5.26. The maximum Gasteiger partial charge on any atom is 0.387 e. The molecule has 0 saturated carbocycles. The second-order valence-electron chi connectivity index (χ2n) is 4.98. The molecule has 0 aliphatic rings. The average molecular weight is 401 g/mol. The molecule has 0 aliphatic carbocycles. The third-order valence-corrected chi connectivity index (χ3v) is 3.92. The summed E-state index contributed by atoms with van der Waals surface area (Å²) < 4.78 is 59.2. The third kappa shape index (κ3) is 6.52. The number of halogens is 4. The number of carbonyl (C=O) groups excluding carboxylic acids is 1. The maximum atomic E-state index is 12.6. The van der Waals surface area contributed by atoms with Gasteiger partial charge in [-0.2, -0.15) is 17.6 Å². The number of alkyl halides is 4. The van der Waals surface area contributed by atoms with Crippen molar-refractivity contribution in [3.05, 3.63) is 54.1 Å². The molecule has 1 amide bonds. The molecule has 0 atom stereocenters. The van der Waals surface area contributed by atoms with Crippen molar-refractivity contribution in [2.75, 3.05) is 12.4 Å². The van der Waals surface area contributed by atoms with E-state index in [-0.39, 0.29) is 17.1 Å². The largest absolute Gasteiger partial charge is 0.493 e. The molecule has 0 heterocycles. The SMILES string of the molecule is COc1cccc(/C=C/C(=O)Nc2ccc(SC(F)F)cc2)c1OC(F)F. The second kappa shape index (κ2) is 9.86. The fourth-order valence-corrected chi connectivity index (χ4v) is 2.61. The summed E-state index contributed by atoms with van der Waals surface area (Å²) in [6.45, 7) is -3.05. The lowest BCUT2D eigenvalue weighted by molar-refractivity contribution is -0.111. The highest BCUT2D eigenvalue weighted by Crippen LogP contribution is 2.33. The van der Waals surface area contributed by atoms with Crippen molar-refractivity contribution in [3.8, 4) is 11.5 Å². The number of ether oxygens (including phenoxy) is 2. The van der Waals surface area contributed by atoms with Gasteiger partial charge >= 0.3 is 6.61 Å². The zero-order valence-electron chi connectivity index (χ0n) is 14.0. The van der Waals surface area contributed by atoms with Gasteiger partial charge in [-0.3, -0.25) is 4.79 Å². The molecule has 27 heavy (non-hydrogen) atoms. The summed E-state index contributed by atoms with van der Waals surface area (Å²) >= 11 is 0.396. The first-order valence-corrected chi connectivity index (χ1v) is 8.42. The van der Waals surface area contributed by atoms with Gasteiger partial charge in [0.15, 0.2) is 11.5 Å². The van der Waals surface area contributed by atoms with Crippen LogP contribution in [-0.4, -0.2) is 25.4 Å². The molecule has 9 heteroatoms. The summed E-state index contributed by atoms with van der Waals surface area (Å²) in [5.74, 6) is -3.15. The Hall–Kier alpha value is -2.68. The van der Waals surface area contributed by atoms with Crippen molar-refractivity contribution in [1.29, 1.82) is 0 Å². The maximum absolute atomic E-state index is 12.6. The molecule has 144 valence electrons. The Morgan fingerprint density at radius 1 is 1.11 bits per heavy atom. The van der Waals surface area contributed by atoms with Crippen LogP contribution in [0.3, 0.4) is 0 Å². The molecule has 0 spiro atoms. The van der Waals surface area contributed by atoms with Gasteiger partial charge in [0, 0.05) is 22.2 Å². The Morgan fingerprint density at radius 2 is 1.81 bits per heavy atom. The van der Waals surface area contributed by atoms with Crippen LogP contribution in [-0.2, 0) is 4.79 Å². The fraction of sp³-hybridized carbons (Fsp3) is 0.167. The van der Waals surface area contributed by atoms with Crippen LogP contribution in [0.4, 0.5) is 23.2 Å². The number of nitrogens with one attached hydrogen (secondary N) is 1. The van der Waals surface area contributed by atoms with Crippen molar-refractivity contribution in [2.24, 2.45) is 0 Å². The second-order valence-corrected chi connectivity index (χ2v) is 6.05. The standard InChI is InChI=1S/C18H15F4NO3S/c1-25-14-4-2-3-11(16(14)26-17(19)20)5-10-15(24)23-12-6-8-13(9-7-12)27-18(21)22/h2-10,17-18H,1H3,(H,23,24)/b10-5+. The van der Waals surface area contributed by atoms with E-state index in [0.29, 0.717) is 22.3 Å². The van der Waals surface area contributed by atoms with Crippen molar-refractivity contribution in [3.63, 3.8) is 0 Å². The number of amides is 1. The summed E-state index contributed by atoms with van der Waals surface area (Å²) in [6.07, 6.45) is 2.44. The van der Waals surface area contributed by atoms with Crippen LogP contribution in [0.5, 0.6) is 11.5 Å². The van der Waals surface area contributed by atoms with E-state index >= 15 is 0 Å². The quantitative estimate of drug-likeness (QED) is 0.372. The van der Waals surface area contributed by atoms with Gasteiger partial charge in [-0.1, -0.05) is 23.9 Å². The molecule has 0 fully saturated rings. The Balaban J connectivity index is 2.08. The van der Waals surface area contributed by atoms with E-state index in [9.17, 15) is 22.4 Å². The van der Waals surface area contributed by atoms with Crippen LogP contribution in [0.15, 0.2) is 53.4 Å². The number of para-hydroxylation sites is 1. The lowest BCUT2D eigenvalue weighted by Gasteiger charge is -2.12. The molecular weight excluding hydrogens is 386 g/mol. The molecule has 2 rings (SSSR count). The van der Waals surface area contributed by atoms with Gasteiger partial charge in [-0.05, 0) is 36.4 Å². The summed E-state index contributed by atoms with van der Waals surface area (Å²) in [5.41, 5.74) is 0.631. The summed E-state index contributed by atoms with van der Waals surface area (Å²) in [5, 5.41) is 2.54. The molecule has 0 radical (unpaired) electrons. The van der Waals surface area contributed by atoms with E-state index in [4.69, 9.17) is 4.74 Å². The van der Waals surface area contributed by atoms with E-state index in [2.05, 4.69) is 10.1 Å². The van der Waals surface area contributed by atoms with Crippen LogP contribution < -0.4 is 14.8 Å². The minimum atomic E-state index is -3.05. The summed E-state index contributed by atoms with van der Waals surface area (Å²) in [7, 11) is 1.31. The minimum Gasteiger partial charge on any atom is -0.493 e. The molecular formula is C18H15F4NO3S. The van der Waals surface area contributed by atoms with Crippen LogP contribution in [0.25, 0.3) is 6.08 Å². The number of methoxy groups -OCH3 is 1. The zero-order valence-corrected chi connectivity index (χ0v) is 14.8. The topological polar surface area (TPSA) is 47.6 Å². The Bertz CT molecular complexity index is 798. The first kappa shape index (κ1) is 20.6. The van der Waals surface area contributed by atoms with Gasteiger partial charge in [-0.25, -0.2) is 0 Å². The number of benzene rings is 2. The number of carbonyl (C=O) groups is 1. The van der Waals surface area contributed by atoms with Crippen LogP contribution >= 0.6 is 11.8 Å². The molecule has 0 unspecified atom stereocenters. The lowest BCUT2D eigenvalue weighted by Crippen LogP contribution is -2.08. The van der Waals surface area contributed by atoms with Gasteiger partial charge < -0.3 is 14.8 Å². The van der Waals surface area contributed by atoms with Gasteiger partial charge in [0.25, 0.3) is 5.76 Å². The first-order chi connectivity index (χ1) is 12.9. The fourth-order valence-electron chi connectivity index (χ4n) is 2.11. The smallest absolute Gasteiger partial charge is 0.387 e. The average Bonchev–Trinajstić information content (AvgIpc) is 2.61. The van der Waals surface area contributed by atoms with Gasteiger partial charge in [0.1, 0.15) is 0 Å². The highest BCUT2D eigenvalue weighted by Gasteiger charge is 2.14. The van der Waals surface area contributed by atoms with E-state index in [1.807, 2.05) is 0 Å². The summed E-state index contributed by atoms with van der Waals surface area (Å²) in [6, 6.07) is 10.4. The van der Waals surface area contributed by atoms with Gasteiger partial charge in [0.05, 0.1) is 7.11 Å². The highest BCUT2D eigenvalue weighted by molar-refractivity contribution is 7.99. The lowest BCUT2D eigenvalue weighted by atomic mass is 10.1. The van der Waals surface area contributed by atoms with E-state index in [1.54, 1.807) is 6.07 Å². The van der Waals surface area contributed by atoms with Crippen molar-refractivity contribution >= 4 is 29.4 Å². The van der Waals surface area contributed by atoms with Crippen LogP contribution in [0.1, 0.15) is 5.56 Å². The normalized spacial score (nSPS) is 11.2. The van der Waals surface area contributed by atoms with E-state index in [0.717, 1.165) is 6.08 Å². The molecule has 0 aromatic heterocycles. The Kier molecular flexibility index (Phi) is 7.54. The Labute approximate surface area is 157 Å². The number of rotatable bonds is 8. The van der Waals surface area contributed by atoms with Crippen LogP contribution in [0, 0.1) is 0 Å². The molecule has 0 bridgehead atoms. The molecule has 0 aliphatic heterocycles. The molecule has 2 aromatic carbocycles. The van der Waals surface area contributed by atoms with Crippen LogP contribution in [0.2, 0.25) is 0 Å². The molecule has 4 nitrogen and oxygen atoms in total. The Morgan fingerprint density at radius 3 is 2.41 bits per heavy atom. The predicted molar refractivity (Wildman–Crippen MR) is 95.6 cm³/mol. The van der Waals surface area contributed by atoms with Gasteiger partial charge in [0.2, 0.25) is 5.91 Å². The molecule has 1 N–H and O–H groups in total. The number of anilines is 1. The minimum absolute atomic E-state index is 0.102. The van der Waals surface area contributed by atoms with Crippen molar-refractivity contribution in [2.45, 2.75) is 17.3 Å². The first-order valence-electron chi connectivity index (χ1n) is 7.55. The van der Waals surface area contributed by atoms with Gasteiger partial charge in [-0.15, -0.1) is 0 Å². The summed E-state index contributed by atoms with van der Waals surface area (Å²) in [4.78, 5) is 12.4. The third-order valence-electron chi connectivity index (χ3n) is 3.20. The van der Waals surface area contributed by atoms with Crippen molar-refractivity contribution in [1.82, 2.24) is 0 Å².